The quantitative estimate of drug-likeness (QED) is 0.879. The number of halogens is 2. The molecule has 2 aromatic rings. The fourth-order valence-electron chi connectivity index (χ4n) is 2.29. The summed E-state index contributed by atoms with van der Waals surface area (Å²) in [7, 11) is 1.74. The average Bonchev–Trinajstić information content (AvgIpc) is 2.67. The number of aromatic nitrogens is 2. The molecular weight excluding hydrogens is 360 g/mol. The van der Waals surface area contributed by atoms with E-state index >= 15 is 0 Å². The van der Waals surface area contributed by atoms with Crippen LogP contribution in [0.2, 0.25) is 5.02 Å². The largest absolute Gasteiger partial charge is 0.490 e. The summed E-state index contributed by atoms with van der Waals surface area (Å²) in [5.74, 6) is 1.29. The van der Waals surface area contributed by atoms with E-state index in [-0.39, 0.29) is 0 Å². The maximum atomic E-state index is 10.6. The van der Waals surface area contributed by atoms with E-state index in [4.69, 9.17) is 21.1 Å². The molecule has 0 aliphatic carbocycles. The first-order valence-corrected chi connectivity index (χ1v) is 7.69. The van der Waals surface area contributed by atoms with E-state index in [1.54, 1.807) is 17.8 Å². The van der Waals surface area contributed by atoms with E-state index in [0.29, 0.717) is 41.0 Å². The van der Waals surface area contributed by atoms with Gasteiger partial charge in [-0.15, -0.1) is 0 Å². The molecule has 1 aliphatic rings. The first-order valence-electron chi connectivity index (χ1n) is 6.52. The summed E-state index contributed by atoms with van der Waals surface area (Å²) in [5, 5.41) is 15.0. The van der Waals surface area contributed by atoms with Gasteiger partial charge in [-0.3, -0.25) is 4.68 Å². The van der Waals surface area contributed by atoms with Crippen molar-refractivity contribution in [2.75, 3.05) is 13.2 Å². The van der Waals surface area contributed by atoms with Gasteiger partial charge in [0, 0.05) is 13.5 Å². The fourth-order valence-corrected chi connectivity index (χ4v) is 3.14. The van der Waals surface area contributed by atoms with Crippen molar-refractivity contribution in [3.8, 4) is 11.5 Å². The lowest BCUT2D eigenvalue weighted by atomic mass is 10.1. The van der Waals surface area contributed by atoms with Crippen LogP contribution in [0.1, 0.15) is 23.8 Å². The second-order valence-corrected chi connectivity index (χ2v) is 6.05. The third-order valence-electron chi connectivity index (χ3n) is 3.34. The molecule has 112 valence electrons. The minimum Gasteiger partial charge on any atom is -0.490 e. The van der Waals surface area contributed by atoms with Crippen molar-refractivity contribution in [3.63, 3.8) is 0 Å². The second kappa shape index (κ2) is 5.87. The third-order valence-corrected chi connectivity index (χ3v) is 4.22. The van der Waals surface area contributed by atoms with Crippen LogP contribution in [0.5, 0.6) is 11.5 Å². The Balaban J connectivity index is 2.03. The van der Waals surface area contributed by atoms with Crippen LogP contribution in [0, 0.1) is 0 Å². The van der Waals surface area contributed by atoms with Gasteiger partial charge in [-0.25, -0.2) is 0 Å². The molecule has 21 heavy (non-hydrogen) atoms. The topological polar surface area (TPSA) is 56.5 Å². The van der Waals surface area contributed by atoms with Gasteiger partial charge in [0.25, 0.3) is 0 Å². The second-order valence-electron chi connectivity index (χ2n) is 4.78. The van der Waals surface area contributed by atoms with Crippen molar-refractivity contribution in [2.45, 2.75) is 12.5 Å². The number of ether oxygens (including phenoxy) is 2. The van der Waals surface area contributed by atoms with E-state index in [2.05, 4.69) is 21.0 Å². The van der Waals surface area contributed by atoms with E-state index < -0.39 is 6.10 Å². The molecule has 0 radical (unpaired) electrons. The van der Waals surface area contributed by atoms with Crippen LogP contribution < -0.4 is 9.47 Å². The lowest BCUT2D eigenvalue weighted by Gasteiger charge is -2.16. The number of benzene rings is 1. The minimum atomic E-state index is -0.890. The maximum Gasteiger partial charge on any atom is 0.175 e. The highest BCUT2D eigenvalue weighted by molar-refractivity contribution is 9.10. The van der Waals surface area contributed by atoms with Crippen molar-refractivity contribution in [1.29, 1.82) is 0 Å². The molecule has 0 amide bonds. The first kappa shape index (κ1) is 14.7. The lowest BCUT2D eigenvalue weighted by molar-refractivity contribution is 0.209. The van der Waals surface area contributed by atoms with Gasteiger partial charge < -0.3 is 14.6 Å². The molecule has 1 unspecified atom stereocenters. The summed E-state index contributed by atoms with van der Waals surface area (Å²) >= 11 is 9.55. The van der Waals surface area contributed by atoms with Crippen LogP contribution in [0.4, 0.5) is 0 Å². The summed E-state index contributed by atoms with van der Waals surface area (Å²) in [4.78, 5) is 0. The molecule has 5 nitrogen and oxygen atoms in total. The van der Waals surface area contributed by atoms with Gasteiger partial charge in [-0.2, -0.15) is 5.10 Å². The predicted octanol–water partition coefficient (Wildman–Crippen LogP) is 3.08. The molecule has 1 atom stereocenters. The number of fused-ring (bicyclic) bond motifs is 1. The summed E-state index contributed by atoms with van der Waals surface area (Å²) < 4.78 is 13.6. The molecule has 3 rings (SSSR count). The van der Waals surface area contributed by atoms with Crippen molar-refractivity contribution < 1.29 is 14.6 Å². The molecule has 1 aromatic heterocycles. The van der Waals surface area contributed by atoms with Crippen molar-refractivity contribution in [2.24, 2.45) is 7.05 Å². The Morgan fingerprint density at radius 3 is 2.86 bits per heavy atom. The summed E-state index contributed by atoms with van der Waals surface area (Å²) in [5.41, 5.74) is 1.20. The Hall–Kier alpha value is -1.24. The number of nitrogens with zero attached hydrogens (tertiary/aromatic N) is 2. The summed E-state index contributed by atoms with van der Waals surface area (Å²) in [6.45, 7) is 1.20. The molecule has 2 heterocycles. The van der Waals surface area contributed by atoms with Crippen molar-refractivity contribution in [1.82, 2.24) is 9.78 Å². The predicted molar refractivity (Wildman–Crippen MR) is 82.0 cm³/mol. The molecule has 0 fully saturated rings. The highest BCUT2D eigenvalue weighted by Crippen LogP contribution is 2.41. The third kappa shape index (κ3) is 2.75. The fraction of sp³-hybridized carbons (Fsp3) is 0.357. The van der Waals surface area contributed by atoms with Crippen molar-refractivity contribution >= 4 is 27.5 Å². The number of aryl methyl sites for hydroxylation is 1. The van der Waals surface area contributed by atoms with Gasteiger partial charge in [0.2, 0.25) is 0 Å². The molecule has 0 spiro atoms. The highest BCUT2D eigenvalue weighted by Gasteiger charge is 2.23. The highest BCUT2D eigenvalue weighted by atomic mass is 79.9. The zero-order valence-corrected chi connectivity index (χ0v) is 13.7. The molecular formula is C14H14BrClN2O3. The maximum absolute atomic E-state index is 10.6. The summed E-state index contributed by atoms with van der Waals surface area (Å²) in [6.07, 6.45) is 1.45. The van der Waals surface area contributed by atoms with Crippen LogP contribution >= 0.6 is 27.5 Å². The molecule has 0 saturated heterocycles. The summed E-state index contributed by atoms with van der Waals surface area (Å²) in [6, 6.07) is 3.58. The van der Waals surface area contributed by atoms with Crippen LogP contribution in [0.3, 0.4) is 0 Å². The molecule has 7 heteroatoms. The Kier molecular flexibility index (Phi) is 4.10. The Labute approximate surface area is 135 Å². The van der Waals surface area contributed by atoms with Crippen molar-refractivity contribution in [3.05, 3.63) is 39.1 Å². The van der Waals surface area contributed by atoms with Crippen LogP contribution in [0.25, 0.3) is 0 Å². The standard InChI is InChI=1S/C14H14BrClN2O3/c1-18-12(10(16)7-17-18)13(19)8-5-9(15)14-11(6-8)20-3-2-4-21-14/h5-7,13,19H,2-4H2,1H3. The van der Waals surface area contributed by atoms with E-state index in [1.165, 1.54) is 6.20 Å². The number of aliphatic hydroxyl groups is 1. The molecule has 1 N–H and O–H groups in total. The molecule has 0 bridgehead atoms. The zero-order valence-electron chi connectivity index (χ0n) is 11.3. The smallest absolute Gasteiger partial charge is 0.175 e. The Morgan fingerprint density at radius 1 is 1.38 bits per heavy atom. The number of rotatable bonds is 2. The van der Waals surface area contributed by atoms with Gasteiger partial charge in [-0.05, 0) is 33.6 Å². The van der Waals surface area contributed by atoms with Crippen LogP contribution in [-0.2, 0) is 7.05 Å². The van der Waals surface area contributed by atoms with Gasteiger partial charge in [0.1, 0.15) is 6.10 Å². The Morgan fingerprint density at radius 2 is 2.14 bits per heavy atom. The first-order chi connectivity index (χ1) is 10.1. The Bertz CT molecular complexity index is 655. The molecule has 0 saturated carbocycles. The normalized spacial score (nSPS) is 15.6. The van der Waals surface area contributed by atoms with Gasteiger partial charge in [0.15, 0.2) is 11.5 Å². The minimum absolute atomic E-state index is 0.424. The molecule has 1 aromatic carbocycles. The lowest BCUT2D eigenvalue weighted by Crippen LogP contribution is -2.08. The number of hydrogen-bond donors (Lipinski definition) is 1. The molecule has 1 aliphatic heterocycles. The SMILES string of the molecule is Cn1ncc(Cl)c1C(O)c1cc(Br)c2c(c1)OCCCO2. The van der Waals surface area contributed by atoms with Crippen LogP contribution in [-0.4, -0.2) is 28.1 Å². The van der Waals surface area contributed by atoms with Gasteiger partial charge in [-0.1, -0.05) is 11.6 Å². The van der Waals surface area contributed by atoms with E-state index in [1.807, 2.05) is 6.07 Å². The number of hydrogen-bond acceptors (Lipinski definition) is 4. The van der Waals surface area contributed by atoms with Gasteiger partial charge in [0.05, 0.1) is 34.6 Å². The average molecular weight is 374 g/mol. The van der Waals surface area contributed by atoms with Gasteiger partial charge >= 0.3 is 0 Å². The van der Waals surface area contributed by atoms with Crippen LogP contribution in [0.15, 0.2) is 22.8 Å². The van der Waals surface area contributed by atoms with E-state index in [0.717, 1.165) is 10.9 Å². The monoisotopic (exact) mass is 372 g/mol. The van der Waals surface area contributed by atoms with E-state index in [9.17, 15) is 5.11 Å². The zero-order chi connectivity index (χ0) is 15.0. The number of aliphatic hydroxyl groups excluding tert-OH is 1.